The predicted octanol–water partition coefficient (Wildman–Crippen LogP) is 13.4. The van der Waals surface area contributed by atoms with E-state index in [1.54, 1.807) is 0 Å². The number of fused-ring (bicyclic) bond motifs is 7. The first kappa shape index (κ1) is 30.1. The minimum Gasteiger partial charge on any atom is -0.458 e. The molecule has 1 unspecified atom stereocenters. The number of allylic oxidation sites excluding steroid dienone is 5. The van der Waals surface area contributed by atoms with Crippen LogP contribution in [-0.2, 0) is 6.42 Å². The van der Waals surface area contributed by atoms with Gasteiger partial charge in [0.1, 0.15) is 5.76 Å². The molecular formula is C44H37ClN2O. The average Bonchev–Trinajstić information content (AvgIpc) is 3.70. The van der Waals surface area contributed by atoms with Gasteiger partial charge in [0.15, 0.2) is 5.58 Å². The highest BCUT2D eigenvalue weighted by Crippen LogP contribution is 2.47. The molecule has 0 N–H and O–H groups in total. The number of furan rings is 1. The second-order valence-corrected chi connectivity index (χ2v) is 12.5. The SMILES string of the molecule is CC.Clc1cc(-c2cc3c4ccccc4n(C4C=CC=CC4)c3c3oc4c(c23)C=CCC4)cc(N(c2ccccc2)c2ccccc2)c1. The van der Waals surface area contributed by atoms with Crippen LogP contribution in [-0.4, -0.2) is 4.57 Å². The van der Waals surface area contributed by atoms with E-state index in [-0.39, 0.29) is 6.04 Å². The molecular weight excluding hydrogens is 608 g/mol. The van der Waals surface area contributed by atoms with Crippen LogP contribution in [0.5, 0.6) is 0 Å². The van der Waals surface area contributed by atoms with Gasteiger partial charge in [-0.1, -0.05) is 117 Å². The molecule has 48 heavy (non-hydrogen) atoms. The Kier molecular flexibility index (Phi) is 7.99. The van der Waals surface area contributed by atoms with Crippen LogP contribution in [0.4, 0.5) is 17.1 Å². The van der Waals surface area contributed by atoms with Crippen molar-refractivity contribution < 1.29 is 4.42 Å². The Hall–Kier alpha value is -5.25. The number of nitrogens with zero attached hydrogens (tertiary/aromatic N) is 2. The quantitative estimate of drug-likeness (QED) is 0.186. The third kappa shape index (κ3) is 5.06. The maximum Gasteiger partial charge on any atom is 0.159 e. The Morgan fingerprint density at radius 3 is 2.21 bits per heavy atom. The van der Waals surface area contributed by atoms with Crippen molar-refractivity contribution in [2.75, 3.05) is 4.90 Å². The number of hydrogen-bond acceptors (Lipinski definition) is 2. The molecule has 2 aliphatic rings. The summed E-state index contributed by atoms with van der Waals surface area (Å²) in [5.74, 6) is 1.06. The van der Waals surface area contributed by atoms with Gasteiger partial charge >= 0.3 is 0 Å². The van der Waals surface area contributed by atoms with Gasteiger partial charge in [-0.05, 0) is 78.6 Å². The van der Waals surface area contributed by atoms with Crippen LogP contribution < -0.4 is 4.90 Å². The molecule has 0 saturated carbocycles. The molecule has 2 aliphatic carbocycles. The summed E-state index contributed by atoms with van der Waals surface area (Å²) >= 11 is 7.02. The molecule has 4 heteroatoms. The maximum atomic E-state index is 7.02. The molecule has 7 aromatic rings. The van der Waals surface area contributed by atoms with Crippen LogP contribution >= 0.6 is 11.6 Å². The summed E-state index contributed by atoms with van der Waals surface area (Å²) < 4.78 is 9.41. The summed E-state index contributed by atoms with van der Waals surface area (Å²) in [6.07, 6.45) is 16.2. The Morgan fingerprint density at radius 1 is 0.750 bits per heavy atom. The third-order valence-electron chi connectivity index (χ3n) is 9.34. The largest absolute Gasteiger partial charge is 0.458 e. The first-order valence-corrected chi connectivity index (χ1v) is 17.3. The minimum absolute atomic E-state index is 0.210. The van der Waals surface area contributed by atoms with Gasteiger partial charge in [-0.3, -0.25) is 0 Å². The van der Waals surface area contributed by atoms with E-state index in [9.17, 15) is 0 Å². The van der Waals surface area contributed by atoms with Gasteiger partial charge < -0.3 is 13.9 Å². The lowest BCUT2D eigenvalue weighted by atomic mass is 9.93. The summed E-state index contributed by atoms with van der Waals surface area (Å²) in [6, 6.07) is 38.7. The van der Waals surface area contributed by atoms with E-state index in [0.29, 0.717) is 5.02 Å². The molecule has 0 aliphatic heterocycles. The molecule has 2 heterocycles. The van der Waals surface area contributed by atoms with Crippen LogP contribution in [0, 0.1) is 0 Å². The normalized spacial score (nSPS) is 15.1. The van der Waals surface area contributed by atoms with E-state index >= 15 is 0 Å². The lowest BCUT2D eigenvalue weighted by Gasteiger charge is -2.26. The highest BCUT2D eigenvalue weighted by molar-refractivity contribution is 6.31. The van der Waals surface area contributed by atoms with Crippen LogP contribution in [0.25, 0.3) is 50.0 Å². The number of anilines is 3. The summed E-state index contributed by atoms with van der Waals surface area (Å²) in [7, 11) is 0. The van der Waals surface area contributed by atoms with Crippen molar-refractivity contribution in [3.63, 3.8) is 0 Å². The maximum absolute atomic E-state index is 7.02. The monoisotopic (exact) mass is 644 g/mol. The van der Waals surface area contributed by atoms with Crippen molar-refractivity contribution >= 4 is 67.5 Å². The van der Waals surface area contributed by atoms with Crippen molar-refractivity contribution in [3.05, 3.63) is 156 Å². The van der Waals surface area contributed by atoms with Crippen LogP contribution in [0.3, 0.4) is 0 Å². The van der Waals surface area contributed by atoms with E-state index in [2.05, 4.69) is 143 Å². The number of rotatable bonds is 5. The topological polar surface area (TPSA) is 21.3 Å². The smallest absolute Gasteiger partial charge is 0.159 e. The van der Waals surface area contributed by atoms with E-state index in [1.807, 2.05) is 26.0 Å². The lowest BCUT2D eigenvalue weighted by molar-refractivity contribution is 0.545. The second-order valence-electron chi connectivity index (χ2n) is 12.1. The number of aromatic nitrogens is 1. The summed E-state index contributed by atoms with van der Waals surface area (Å²) in [5, 5.41) is 4.26. The molecule has 2 aromatic heterocycles. The molecule has 9 rings (SSSR count). The van der Waals surface area contributed by atoms with Gasteiger partial charge in [-0.15, -0.1) is 0 Å². The minimum atomic E-state index is 0.210. The fraction of sp³-hybridized carbons (Fsp3) is 0.136. The Bertz CT molecular complexity index is 2320. The number of hydrogen-bond donors (Lipinski definition) is 0. The van der Waals surface area contributed by atoms with Crippen LogP contribution in [0.1, 0.15) is 44.1 Å². The highest BCUT2D eigenvalue weighted by atomic mass is 35.5. The van der Waals surface area contributed by atoms with Gasteiger partial charge in [-0.2, -0.15) is 0 Å². The molecule has 3 nitrogen and oxygen atoms in total. The van der Waals surface area contributed by atoms with Gasteiger partial charge in [0, 0.05) is 55.7 Å². The highest BCUT2D eigenvalue weighted by Gasteiger charge is 2.27. The fourth-order valence-corrected chi connectivity index (χ4v) is 7.61. The van der Waals surface area contributed by atoms with Gasteiger partial charge in [0.05, 0.1) is 11.6 Å². The first-order chi connectivity index (χ1) is 23.7. The molecule has 0 spiro atoms. The van der Waals surface area contributed by atoms with Crippen molar-refractivity contribution in [3.8, 4) is 11.1 Å². The molecule has 0 bridgehead atoms. The van der Waals surface area contributed by atoms with Gasteiger partial charge in [-0.25, -0.2) is 0 Å². The molecule has 236 valence electrons. The molecule has 0 amide bonds. The Balaban J connectivity index is 0.00000165. The van der Waals surface area contributed by atoms with Crippen molar-refractivity contribution in [2.24, 2.45) is 0 Å². The van der Waals surface area contributed by atoms with Crippen molar-refractivity contribution in [1.82, 2.24) is 4.57 Å². The van der Waals surface area contributed by atoms with Crippen molar-refractivity contribution in [1.29, 1.82) is 0 Å². The van der Waals surface area contributed by atoms with E-state index in [1.165, 1.54) is 21.9 Å². The Labute approximate surface area is 286 Å². The van der Waals surface area contributed by atoms with Crippen LogP contribution in [0.2, 0.25) is 5.02 Å². The van der Waals surface area contributed by atoms with Gasteiger partial charge in [0.25, 0.3) is 0 Å². The van der Waals surface area contributed by atoms with Crippen molar-refractivity contribution in [2.45, 2.75) is 39.2 Å². The summed E-state index contributed by atoms with van der Waals surface area (Å²) in [4.78, 5) is 2.27. The lowest BCUT2D eigenvalue weighted by Crippen LogP contribution is -2.09. The van der Waals surface area contributed by atoms with E-state index in [4.69, 9.17) is 16.0 Å². The zero-order valence-electron chi connectivity index (χ0n) is 27.2. The zero-order chi connectivity index (χ0) is 32.6. The van der Waals surface area contributed by atoms with E-state index < -0.39 is 0 Å². The number of para-hydroxylation sites is 3. The third-order valence-corrected chi connectivity index (χ3v) is 9.56. The van der Waals surface area contributed by atoms with E-state index in [0.717, 1.165) is 69.7 Å². The predicted molar refractivity (Wildman–Crippen MR) is 205 cm³/mol. The number of benzene rings is 5. The average molecular weight is 645 g/mol. The zero-order valence-corrected chi connectivity index (χ0v) is 28.0. The molecule has 0 fully saturated rings. The number of halogens is 1. The summed E-state index contributed by atoms with van der Waals surface area (Å²) in [5.41, 5.74) is 9.85. The van der Waals surface area contributed by atoms with Crippen LogP contribution in [0.15, 0.2) is 144 Å². The Morgan fingerprint density at radius 2 is 1.48 bits per heavy atom. The molecule has 0 radical (unpaired) electrons. The molecule has 0 saturated heterocycles. The molecule has 5 aromatic carbocycles. The fourth-order valence-electron chi connectivity index (χ4n) is 7.38. The van der Waals surface area contributed by atoms with Gasteiger partial charge in [0.2, 0.25) is 0 Å². The standard InChI is InChI=1S/C42H31ClN2O.C2H6/c43-29-24-28(25-33(26-29)44(30-14-4-1-5-15-30)31-16-6-2-7-17-31)36-27-37-34-20-10-12-22-38(34)45(32-18-8-3-9-19-32)41(37)42-40(36)35-21-11-13-23-39(35)46-42;1-2/h1-12,14-18,20-22,24-27,32H,13,19,23H2;1-2H3. The number of aryl methyl sites for hydroxylation is 1. The molecule has 1 atom stereocenters. The first-order valence-electron chi connectivity index (χ1n) is 17.0. The summed E-state index contributed by atoms with van der Waals surface area (Å²) in [6.45, 7) is 4.00. The second kappa shape index (κ2) is 12.7.